The summed E-state index contributed by atoms with van der Waals surface area (Å²) in [5.41, 5.74) is 6.90. The van der Waals surface area contributed by atoms with Gasteiger partial charge in [0, 0.05) is 6.04 Å². The topological polar surface area (TPSA) is 46.2 Å². The molecule has 1 rings (SSSR count). The van der Waals surface area contributed by atoms with Crippen molar-refractivity contribution in [1.82, 2.24) is 0 Å². The fourth-order valence-corrected chi connectivity index (χ4v) is 2.08. The summed E-state index contributed by atoms with van der Waals surface area (Å²) in [6.07, 6.45) is 4.34. The van der Waals surface area contributed by atoms with Crippen LogP contribution in [-0.2, 0) is 0 Å². The van der Waals surface area contributed by atoms with E-state index in [2.05, 4.69) is 6.92 Å². The number of rotatable bonds is 5. The van der Waals surface area contributed by atoms with E-state index in [1.165, 1.54) is 12.8 Å². The maximum absolute atomic E-state index is 9.42. The van der Waals surface area contributed by atoms with Crippen molar-refractivity contribution < 1.29 is 5.11 Å². The predicted molar refractivity (Wildman–Crippen MR) is 69.2 cm³/mol. The molecule has 4 heteroatoms. The highest BCUT2D eigenvalue weighted by atomic mass is 35.5. The fraction of sp³-hybridized carbons (Fsp3) is 0.500. The second-order valence-electron chi connectivity index (χ2n) is 3.94. The summed E-state index contributed by atoms with van der Waals surface area (Å²) >= 11 is 11.7. The smallest absolute Gasteiger partial charge is 0.152 e. The van der Waals surface area contributed by atoms with E-state index in [0.29, 0.717) is 0 Å². The summed E-state index contributed by atoms with van der Waals surface area (Å²) in [6.45, 7) is 2.15. The SMILES string of the molecule is CCCCC[C@H](N)c1cc(Cl)c(O)c(Cl)c1. The van der Waals surface area contributed by atoms with E-state index in [1.807, 2.05) is 0 Å². The van der Waals surface area contributed by atoms with E-state index in [0.717, 1.165) is 18.4 Å². The third-order valence-corrected chi connectivity index (χ3v) is 3.16. The van der Waals surface area contributed by atoms with Crippen LogP contribution in [0.25, 0.3) is 0 Å². The van der Waals surface area contributed by atoms with Gasteiger partial charge in [-0.2, -0.15) is 0 Å². The van der Waals surface area contributed by atoms with E-state index in [1.54, 1.807) is 12.1 Å². The van der Waals surface area contributed by atoms with Gasteiger partial charge in [0.1, 0.15) is 0 Å². The zero-order chi connectivity index (χ0) is 12.1. The number of benzene rings is 1. The van der Waals surface area contributed by atoms with E-state index in [9.17, 15) is 5.11 Å². The quantitative estimate of drug-likeness (QED) is 0.778. The molecule has 2 nitrogen and oxygen atoms in total. The number of phenols is 1. The molecule has 1 aromatic carbocycles. The molecule has 0 heterocycles. The second kappa shape index (κ2) is 6.33. The number of hydrogen-bond acceptors (Lipinski definition) is 2. The number of phenolic OH excluding ortho intramolecular Hbond substituents is 1. The molecule has 0 fully saturated rings. The molecular weight excluding hydrogens is 245 g/mol. The molecule has 3 N–H and O–H groups in total. The van der Waals surface area contributed by atoms with Crippen molar-refractivity contribution in [2.45, 2.75) is 38.6 Å². The number of unbranched alkanes of at least 4 members (excludes halogenated alkanes) is 2. The molecule has 90 valence electrons. The van der Waals surface area contributed by atoms with E-state index >= 15 is 0 Å². The largest absolute Gasteiger partial charge is 0.505 e. The molecule has 0 aliphatic heterocycles. The van der Waals surface area contributed by atoms with Gasteiger partial charge in [0.2, 0.25) is 0 Å². The first-order valence-electron chi connectivity index (χ1n) is 5.49. The normalized spacial score (nSPS) is 12.8. The molecule has 16 heavy (non-hydrogen) atoms. The van der Waals surface area contributed by atoms with Crippen LogP contribution in [0.4, 0.5) is 0 Å². The van der Waals surface area contributed by atoms with Gasteiger partial charge in [-0.25, -0.2) is 0 Å². The van der Waals surface area contributed by atoms with Gasteiger partial charge < -0.3 is 10.8 Å². The fourth-order valence-electron chi connectivity index (χ4n) is 1.58. The lowest BCUT2D eigenvalue weighted by Gasteiger charge is -2.13. The Morgan fingerprint density at radius 3 is 2.31 bits per heavy atom. The first-order valence-corrected chi connectivity index (χ1v) is 6.25. The number of nitrogens with two attached hydrogens (primary N) is 1. The molecule has 0 spiro atoms. The van der Waals surface area contributed by atoms with Crippen molar-refractivity contribution in [2.75, 3.05) is 0 Å². The third kappa shape index (κ3) is 3.55. The minimum absolute atomic E-state index is 0.0675. The molecule has 0 bridgehead atoms. The molecule has 0 saturated carbocycles. The van der Waals surface area contributed by atoms with Crippen molar-refractivity contribution in [3.63, 3.8) is 0 Å². The van der Waals surface area contributed by atoms with Crippen LogP contribution in [0.1, 0.15) is 44.2 Å². The summed E-state index contributed by atoms with van der Waals surface area (Å²) in [5.74, 6) is -0.0761. The van der Waals surface area contributed by atoms with Crippen LogP contribution in [0.3, 0.4) is 0 Å². The number of hydrogen-bond donors (Lipinski definition) is 2. The lowest BCUT2D eigenvalue weighted by Crippen LogP contribution is -2.10. The predicted octanol–water partition coefficient (Wildman–Crippen LogP) is 4.28. The molecular formula is C12H17Cl2NO. The molecule has 0 aliphatic rings. The summed E-state index contributed by atoms with van der Waals surface area (Å²) in [7, 11) is 0. The van der Waals surface area contributed by atoms with Gasteiger partial charge in [-0.05, 0) is 24.1 Å². The summed E-state index contributed by atoms with van der Waals surface area (Å²) < 4.78 is 0. The van der Waals surface area contributed by atoms with Gasteiger partial charge >= 0.3 is 0 Å². The first-order chi connectivity index (χ1) is 7.56. The molecule has 0 radical (unpaired) electrons. The Labute approximate surface area is 106 Å². The maximum atomic E-state index is 9.42. The summed E-state index contributed by atoms with van der Waals surface area (Å²) in [4.78, 5) is 0. The van der Waals surface area contributed by atoms with Gasteiger partial charge in [-0.3, -0.25) is 0 Å². The van der Waals surface area contributed by atoms with Gasteiger partial charge in [-0.15, -0.1) is 0 Å². The van der Waals surface area contributed by atoms with Crippen molar-refractivity contribution in [1.29, 1.82) is 0 Å². The maximum Gasteiger partial charge on any atom is 0.152 e. The molecule has 1 atom stereocenters. The average molecular weight is 262 g/mol. The standard InChI is InChI=1S/C12H17Cl2NO/c1-2-3-4-5-11(15)8-6-9(13)12(16)10(14)7-8/h6-7,11,16H,2-5,15H2,1H3/t11-/m0/s1. The Bertz CT molecular complexity index is 332. The summed E-state index contributed by atoms with van der Waals surface area (Å²) in [6, 6.07) is 3.29. The van der Waals surface area contributed by atoms with Crippen LogP contribution >= 0.6 is 23.2 Å². The van der Waals surface area contributed by atoms with E-state index in [4.69, 9.17) is 28.9 Å². The molecule has 1 aromatic rings. The second-order valence-corrected chi connectivity index (χ2v) is 4.75. The Morgan fingerprint density at radius 1 is 1.25 bits per heavy atom. The van der Waals surface area contributed by atoms with Gasteiger partial charge in [-0.1, -0.05) is 49.4 Å². The monoisotopic (exact) mass is 261 g/mol. The first kappa shape index (κ1) is 13.6. The lowest BCUT2D eigenvalue weighted by molar-refractivity contribution is 0.475. The molecule has 0 aliphatic carbocycles. The average Bonchev–Trinajstić information content (AvgIpc) is 2.25. The van der Waals surface area contributed by atoms with Gasteiger partial charge in [0.05, 0.1) is 10.0 Å². The van der Waals surface area contributed by atoms with Crippen LogP contribution in [0.15, 0.2) is 12.1 Å². The zero-order valence-electron chi connectivity index (χ0n) is 9.34. The highest BCUT2D eigenvalue weighted by Gasteiger charge is 2.11. The highest BCUT2D eigenvalue weighted by Crippen LogP contribution is 2.34. The van der Waals surface area contributed by atoms with E-state index in [-0.39, 0.29) is 21.8 Å². The molecule has 0 aromatic heterocycles. The van der Waals surface area contributed by atoms with Crippen LogP contribution in [0, 0.1) is 0 Å². The Morgan fingerprint density at radius 2 is 1.81 bits per heavy atom. The van der Waals surface area contributed by atoms with Gasteiger partial charge in [0.15, 0.2) is 5.75 Å². The van der Waals surface area contributed by atoms with Crippen LogP contribution < -0.4 is 5.73 Å². The zero-order valence-corrected chi connectivity index (χ0v) is 10.9. The van der Waals surface area contributed by atoms with Crippen LogP contribution in [0.5, 0.6) is 5.75 Å². The van der Waals surface area contributed by atoms with Gasteiger partial charge in [0.25, 0.3) is 0 Å². The highest BCUT2D eigenvalue weighted by molar-refractivity contribution is 6.37. The minimum Gasteiger partial charge on any atom is -0.505 e. The molecule has 0 unspecified atom stereocenters. The Kier molecular flexibility index (Phi) is 5.39. The Balaban J connectivity index is 2.72. The van der Waals surface area contributed by atoms with Crippen molar-refractivity contribution in [3.05, 3.63) is 27.7 Å². The molecule has 0 saturated heterocycles. The molecule has 0 amide bonds. The lowest BCUT2D eigenvalue weighted by atomic mass is 10.0. The van der Waals surface area contributed by atoms with Crippen LogP contribution in [0.2, 0.25) is 10.0 Å². The van der Waals surface area contributed by atoms with Crippen molar-refractivity contribution in [3.8, 4) is 5.75 Å². The summed E-state index contributed by atoms with van der Waals surface area (Å²) in [5, 5.41) is 9.94. The number of aromatic hydroxyl groups is 1. The van der Waals surface area contributed by atoms with Crippen LogP contribution in [-0.4, -0.2) is 5.11 Å². The number of halogens is 2. The third-order valence-electron chi connectivity index (χ3n) is 2.59. The Hall–Kier alpha value is -0.440. The van der Waals surface area contributed by atoms with Crippen molar-refractivity contribution in [2.24, 2.45) is 5.73 Å². The van der Waals surface area contributed by atoms with Crippen molar-refractivity contribution >= 4 is 23.2 Å². The van der Waals surface area contributed by atoms with E-state index < -0.39 is 0 Å². The minimum atomic E-state index is -0.0761.